The Balaban J connectivity index is 1.17. The number of benzene rings is 6. The summed E-state index contributed by atoms with van der Waals surface area (Å²) >= 11 is 0. The Hall–Kier alpha value is -5.60. The third kappa shape index (κ3) is 4.32. The van der Waals surface area contributed by atoms with Gasteiger partial charge in [0.2, 0.25) is 0 Å². The summed E-state index contributed by atoms with van der Waals surface area (Å²) < 4.78 is 2.47. The van der Waals surface area contributed by atoms with E-state index in [-0.39, 0.29) is 5.41 Å². The quantitative estimate of drug-likeness (QED) is 0.190. The molecule has 0 atom stereocenters. The van der Waals surface area contributed by atoms with Crippen molar-refractivity contribution in [2.45, 2.75) is 32.1 Å². The van der Waals surface area contributed by atoms with Crippen molar-refractivity contribution in [2.24, 2.45) is 0 Å². The number of hydrogen-bond donors (Lipinski definition) is 0. The van der Waals surface area contributed by atoms with E-state index in [9.17, 15) is 0 Å². The van der Waals surface area contributed by atoms with Gasteiger partial charge in [0.15, 0.2) is 0 Å². The molecule has 47 heavy (non-hydrogen) atoms. The van der Waals surface area contributed by atoms with E-state index in [0.29, 0.717) is 0 Å². The second-order valence-corrected chi connectivity index (χ2v) is 13.3. The van der Waals surface area contributed by atoms with Crippen molar-refractivity contribution in [2.75, 3.05) is 4.90 Å². The summed E-state index contributed by atoms with van der Waals surface area (Å²) in [4.78, 5) is 2.39. The van der Waals surface area contributed by atoms with Gasteiger partial charge in [0.05, 0.1) is 11.0 Å². The molecule has 2 aliphatic carbocycles. The van der Waals surface area contributed by atoms with E-state index in [2.05, 4.69) is 181 Å². The van der Waals surface area contributed by atoms with E-state index in [4.69, 9.17) is 0 Å². The van der Waals surface area contributed by atoms with Crippen LogP contribution in [0, 0.1) is 0 Å². The lowest BCUT2D eigenvalue weighted by Crippen LogP contribution is -2.16. The predicted octanol–water partition coefficient (Wildman–Crippen LogP) is 12.4. The summed E-state index contributed by atoms with van der Waals surface area (Å²) in [5, 5.41) is 2.61. The van der Waals surface area contributed by atoms with Crippen molar-refractivity contribution in [3.8, 4) is 22.3 Å². The van der Waals surface area contributed by atoms with Gasteiger partial charge in [0, 0.05) is 38.9 Å². The Labute approximate surface area is 276 Å². The van der Waals surface area contributed by atoms with Crippen LogP contribution in [-0.2, 0) is 5.41 Å². The number of aromatic nitrogens is 1. The highest BCUT2D eigenvalue weighted by molar-refractivity contribution is 6.16. The average Bonchev–Trinajstić information content (AvgIpc) is 3.58. The molecule has 6 aromatic carbocycles. The molecular formula is C45H36N2. The minimum absolute atomic E-state index is 0.0596. The van der Waals surface area contributed by atoms with Gasteiger partial charge in [-0.2, -0.15) is 0 Å². The summed E-state index contributed by atoms with van der Waals surface area (Å²) in [7, 11) is 0. The van der Waals surface area contributed by atoms with Gasteiger partial charge in [-0.1, -0.05) is 117 Å². The van der Waals surface area contributed by atoms with Crippen molar-refractivity contribution >= 4 is 44.6 Å². The lowest BCUT2D eigenvalue weighted by atomic mass is 9.82. The van der Waals surface area contributed by atoms with Gasteiger partial charge < -0.3 is 9.47 Å². The first-order valence-corrected chi connectivity index (χ1v) is 16.7. The molecule has 1 heterocycles. The summed E-state index contributed by atoms with van der Waals surface area (Å²) in [6, 6.07) is 51.3. The van der Waals surface area contributed by atoms with Crippen LogP contribution >= 0.6 is 0 Å². The van der Waals surface area contributed by atoms with Crippen LogP contribution in [0.15, 0.2) is 158 Å². The SMILES string of the molecule is CC1(C)c2ccccc2-c2ccc(N(c3ccccc3)c3ccc(-c4cccc5c4c4ccccc4n5C4=CC=CCC4)cc3)cc21. The summed E-state index contributed by atoms with van der Waals surface area (Å²) in [5.41, 5.74) is 15.2. The molecule has 0 aliphatic heterocycles. The fourth-order valence-corrected chi connectivity index (χ4v) is 7.99. The molecule has 226 valence electrons. The summed E-state index contributed by atoms with van der Waals surface area (Å²) in [6.45, 7) is 4.70. The molecule has 0 fully saturated rings. The van der Waals surface area contributed by atoms with Crippen molar-refractivity contribution < 1.29 is 0 Å². The highest BCUT2D eigenvalue weighted by Gasteiger charge is 2.35. The highest BCUT2D eigenvalue weighted by atomic mass is 15.1. The van der Waals surface area contributed by atoms with Crippen LogP contribution < -0.4 is 4.90 Å². The predicted molar refractivity (Wildman–Crippen MR) is 200 cm³/mol. The number of fused-ring (bicyclic) bond motifs is 6. The van der Waals surface area contributed by atoms with Crippen LogP contribution in [0.25, 0.3) is 49.8 Å². The third-order valence-corrected chi connectivity index (χ3v) is 10.3. The number of rotatable bonds is 5. The molecule has 0 bridgehead atoms. The van der Waals surface area contributed by atoms with Gasteiger partial charge in [-0.05, 0) is 101 Å². The minimum atomic E-state index is -0.0596. The Bertz CT molecular complexity index is 2370. The van der Waals surface area contributed by atoms with E-state index < -0.39 is 0 Å². The van der Waals surface area contributed by atoms with Gasteiger partial charge in [0.1, 0.15) is 0 Å². The van der Waals surface area contributed by atoms with Crippen LogP contribution in [0.5, 0.6) is 0 Å². The molecule has 1 aromatic heterocycles. The Morgan fingerprint density at radius 1 is 0.574 bits per heavy atom. The van der Waals surface area contributed by atoms with Crippen LogP contribution in [0.3, 0.4) is 0 Å². The molecule has 2 heteroatoms. The van der Waals surface area contributed by atoms with E-state index in [0.717, 1.165) is 24.2 Å². The zero-order valence-corrected chi connectivity index (χ0v) is 26.8. The van der Waals surface area contributed by atoms with E-state index in [1.807, 2.05) is 0 Å². The van der Waals surface area contributed by atoms with Crippen molar-refractivity contribution in [1.82, 2.24) is 4.57 Å². The van der Waals surface area contributed by atoms with Gasteiger partial charge in [-0.25, -0.2) is 0 Å². The molecule has 2 nitrogen and oxygen atoms in total. The summed E-state index contributed by atoms with van der Waals surface area (Å²) in [5.74, 6) is 0. The van der Waals surface area contributed by atoms with Gasteiger partial charge in [-0.3, -0.25) is 0 Å². The lowest BCUT2D eigenvalue weighted by Gasteiger charge is -2.28. The first-order chi connectivity index (χ1) is 23.1. The van der Waals surface area contributed by atoms with Crippen molar-refractivity contribution in [3.05, 3.63) is 169 Å². The Morgan fingerprint density at radius 2 is 1.26 bits per heavy atom. The second kappa shape index (κ2) is 10.7. The smallest absolute Gasteiger partial charge is 0.0544 e. The van der Waals surface area contributed by atoms with Crippen LogP contribution in [0.1, 0.15) is 37.8 Å². The van der Waals surface area contributed by atoms with E-state index in [1.165, 1.54) is 66.6 Å². The molecule has 9 rings (SSSR count). The zero-order chi connectivity index (χ0) is 31.5. The topological polar surface area (TPSA) is 8.17 Å². The molecule has 0 unspecified atom stereocenters. The molecule has 7 aromatic rings. The standard InChI is InChI=1S/C45H36N2/c1-45(2)40-21-11-9-18-37(40)38-29-28-35(30-41(38)45)46(32-14-5-3-6-15-32)34-26-24-31(25-27-34)36-20-13-23-43-44(36)39-19-10-12-22-42(39)47(43)33-16-7-4-8-17-33/h3-7,9-16,18-30H,8,17H2,1-2H3. The molecule has 0 spiro atoms. The number of anilines is 3. The number of nitrogens with zero attached hydrogens (tertiary/aromatic N) is 2. The fourth-order valence-electron chi connectivity index (χ4n) is 7.99. The van der Waals surface area contributed by atoms with E-state index in [1.54, 1.807) is 0 Å². The summed E-state index contributed by atoms with van der Waals surface area (Å²) in [6.07, 6.45) is 8.85. The van der Waals surface area contributed by atoms with Crippen LogP contribution in [0.2, 0.25) is 0 Å². The number of allylic oxidation sites excluding steroid dienone is 4. The molecule has 0 radical (unpaired) electrons. The van der Waals surface area contributed by atoms with Crippen LogP contribution in [0.4, 0.5) is 17.1 Å². The average molecular weight is 605 g/mol. The highest BCUT2D eigenvalue weighted by Crippen LogP contribution is 2.50. The van der Waals surface area contributed by atoms with Gasteiger partial charge in [-0.15, -0.1) is 0 Å². The zero-order valence-electron chi connectivity index (χ0n) is 26.8. The lowest BCUT2D eigenvalue weighted by molar-refractivity contribution is 0.660. The van der Waals surface area contributed by atoms with Gasteiger partial charge >= 0.3 is 0 Å². The molecule has 0 amide bonds. The second-order valence-electron chi connectivity index (χ2n) is 13.3. The maximum Gasteiger partial charge on any atom is 0.0544 e. The van der Waals surface area contributed by atoms with Crippen LogP contribution in [-0.4, -0.2) is 4.57 Å². The Kier molecular flexibility index (Phi) is 6.33. The molecule has 2 aliphatic rings. The normalized spacial score (nSPS) is 14.6. The first-order valence-electron chi connectivity index (χ1n) is 16.7. The maximum atomic E-state index is 2.47. The van der Waals surface area contributed by atoms with Crippen molar-refractivity contribution in [1.29, 1.82) is 0 Å². The molecule has 0 saturated carbocycles. The Morgan fingerprint density at radius 3 is 2.09 bits per heavy atom. The fraction of sp³-hybridized carbons (Fsp3) is 0.111. The van der Waals surface area contributed by atoms with E-state index >= 15 is 0 Å². The monoisotopic (exact) mass is 604 g/mol. The minimum Gasteiger partial charge on any atom is -0.313 e. The largest absolute Gasteiger partial charge is 0.313 e. The third-order valence-electron chi connectivity index (χ3n) is 10.3. The number of hydrogen-bond acceptors (Lipinski definition) is 1. The number of para-hydroxylation sites is 2. The van der Waals surface area contributed by atoms with Gasteiger partial charge in [0.25, 0.3) is 0 Å². The molecule has 0 N–H and O–H groups in total. The molecule has 0 saturated heterocycles. The maximum absolute atomic E-state index is 2.47. The first kappa shape index (κ1) is 27.7. The van der Waals surface area contributed by atoms with Crippen molar-refractivity contribution in [3.63, 3.8) is 0 Å². The molecular weight excluding hydrogens is 569 g/mol.